The van der Waals surface area contributed by atoms with E-state index in [0.29, 0.717) is 31.0 Å². The summed E-state index contributed by atoms with van der Waals surface area (Å²) in [5.41, 5.74) is 7.45. The smallest absolute Gasteiger partial charge is 0.352 e. The molecular formula is C31H43FN4O5. The third-order valence-electron chi connectivity index (χ3n) is 10.1. The van der Waals surface area contributed by atoms with Crippen LogP contribution < -0.4 is 11.1 Å². The molecule has 10 heteroatoms. The number of aromatic nitrogens is 1. The molecular weight excluding hydrogens is 527 g/mol. The second-order valence-electron chi connectivity index (χ2n) is 12.3. The summed E-state index contributed by atoms with van der Waals surface area (Å²) >= 11 is 0. The number of anilines is 1. The maximum absolute atomic E-state index is 14.0. The molecule has 3 atom stereocenters. The molecule has 2 amide bonds. The van der Waals surface area contributed by atoms with Gasteiger partial charge in [-0.3, -0.25) is 9.59 Å². The van der Waals surface area contributed by atoms with Crippen molar-refractivity contribution in [3.8, 4) is 0 Å². The van der Waals surface area contributed by atoms with Gasteiger partial charge >= 0.3 is 5.97 Å². The number of hydrogen-bond donors (Lipinski definition) is 3. The molecule has 4 N–H and O–H groups in total. The Hall–Kier alpha value is -2.98. The van der Waals surface area contributed by atoms with Gasteiger partial charge in [0.1, 0.15) is 18.4 Å². The average Bonchev–Trinajstić information content (AvgIpc) is 3.58. The average molecular weight is 571 g/mol. The van der Waals surface area contributed by atoms with Gasteiger partial charge in [-0.25, -0.2) is 9.18 Å². The molecule has 2 aliphatic carbocycles. The Bertz CT molecular complexity index is 1260. The number of rotatable bonds is 8. The number of nitrogens with two attached hydrogens (primary N) is 1. The van der Waals surface area contributed by atoms with E-state index in [4.69, 9.17) is 10.5 Å². The summed E-state index contributed by atoms with van der Waals surface area (Å²) in [5, 5.41) is 13.3. The van der Waals surface area contributed by atoms with Crippen LogP contribution in [-0.2, 0) is 21.4 Å². The molecule has 3 fully saturated rings. The first kappa shape index (κ1) is 29.5. The Morgan fingerprint density at radius 2 is 1.78 bits per heavy atom. The molecule has 3 aliphatic rings. The van der Waals surface area contributed by atoms with Crippen LogP contribution in [0.5, 0.6) is 0 Å². The Balaban J connectivity index is 1.35. The maximum atomic E-state index is 14.0. The number of amides is 2. The number of methoxy groups -OCH3 is 1. The highest BCUT2D eigenvalue weighted by atomic mass is 19.1. The summed E-state index contributed by atoms with van der Waals surface area (Å²) in [6.07, 6.45) is 7.67. The number of benzene rings is 1. The lowest BCUT2D eigenvalue weighted by atomic mass is 9.75. The number of fused-ring (bicyclic) bond motifs is 1. The molecule has 1 aromatic heterocycles. The van der Waals surface area contributed by atoms with Gasteiger partial charge in [-0.05, 0) is 99.8 Å². The van der Waals surface area contributed by atoms with Gasteiger partial charge < -0.3 is 30.4 Å². The molecule has 2 heterocycles. The van der Waals surface area contributed by atoms with Gasteiger partial charge in [0.25, 0.3) is 0 Å². The van der Waals surface area contributed by atoms with Gasteiger partial charge in [-0.2, -0.15) is 0 Å². The van der Waals surface area contributed by atoms with Crippen molar-refractivity contribution in [3.63, 3.8) is 0 Å². The van der Waals surface area contributed by atoms with Crippen molar-refractivity contribution in [2.24, 2.45) is 36.5 Å². The van der Waals surface area contributed by atoms with Gasteiger partial charge in [0.15, 0.2) is 0 Å². The van der Waals surface area contributed by atoms with Crippen LogP contribution in [0, 0.1) is 23.7 Å². The molecule has 1 aromatic carbocycles. The van der Waals surface area contributed by atoms with Crippen LogP contribution in [0.1, 0.15) is 68.3 Å². The molecule has 2 saturated carbocycles. The van der Waals surface area contributed by atoms with Crippen molar-refractivity contribution in [1.82, 2.24) is 9.47 Å². The number of carbonyl (C=O) groups is 3. The van der Waals surface area contributed by atoms with Crippen LogP contribution in [0.25, 0.3) is 10.9 Å². The summed E-state index contributed by atoms with van der Waals surface area (Å²) in [4.78, 5) is 41.3. The van der Waals surface area contributed by atoms with Crippen molar-refractivity contribution < 1.29 is 28.6 Å². The molecule has 41 heavy (non-hydrogen) atoms. The highest BCUT2D eigenvalue weighted by Gasteiger charge is 2.47. The first-order chi connectivity index (χ1) is 19.7. The molecule has 2 aromatic rings. The number of hydrogen-bond acceptors (Lipinski definition) is 5. The highest BCUT2D eigenvalue weighted by molar-refractivity contribution is 6.01. The summed E-state index contributed by atoms with van der Waals surface area (Å²) in [7, 11) is 3.45. The zero-order valence-electron chi connectivity index (χ0n) is 24.1. The number of ether oxygens (including phenoxy) is 1. The lowest BCUT2D eigenvalue weighted by molar-refractivity contribution is -0.142. The molecule has 0 radical (unpaired) electrons. The fourth-order valence-electron chi connectivity index (χ4n) is 7.65. The third-order valence-corrected chi connectivity index (χ3v) is 10.1. The van der Waals surface area contributed by atoms with Crippen LogP contribution in [0.3, 0.4) is 0 Å². The van der Waals surface area contributed by atoms with Gasteiger partial charge in [0, 0.05) is 49.3 Å². The van der Waals surface area contributed by atoms with Crippen LogP contribution in [0.15, 0.2) is 24.3 Å². The molecule has 1 aliphatic heterocycles. The van der Waals surface area contributed by atoms with Crippen molar-refractivity contribution >= 4 is 34.4 Å². The molecule has 5 rings (SSSR count). The van der Waals surface area contributed by atoms with E-state index in [9.17, 15) is 23.9 Å². The topological polar surface area (TPSA) is 127 Å². The van der Waals surface area contributed by atoms with Crippen molar-refractivity contribution in [2.45, 2.75) is 76.0 Å². The van der Waals surface area contributed by atoms with E-state index < -0.39 is 24.7 Å². The van der Waals surface area contributed by atoms with E-state index in [1.807, 2.05) is 4.90 Å². The van der Waals surface area contributed by atoms with Crippen LogP contribution in [0.4, 0.5) is 10.1 Å². The Morgan fingerprint density at radius 3 is 2.41 bits per heavy atom. The van der Waals surface area contributed by atoms with Crippen LogP contribution in [0.2, 0.25) is 0 Å². The summed E-state index contributed by atoms with van der Waals surface area (Å²) < 4.78 is 20.3. The quantitative estimate of drug-likeness (QED) is 0.433. The second kappa shape index (κ2) is 12.5. The summed E-state index contributed by atoms with van der Waals surface area (Å²) in [5.74, 6) is -0.866. The molecule has 1 unspecified atom stereocenters. The number of alkyl halides is 1. The molecule has 1 saturated heterocycles. The van der Waals surface area contributed by atoms with E-state index in [1.54, 1.807) is 43.0 Å². The van der Waals surface area contributed by atoms with E-state index in [1.165, 1.54) is 0 Å². The zero-order chi connectivity index (χ0) is 29.3. The monoisotopic (exact) mass is 570 g/mol. The number of carboxylic acid groups (broad SMARTS) is 1. The molecule has 0 bridgehead atoms. The van der Waals surface area contributed by atoms with Gasteiger partial charge in [-0.1, -0.05) is 0 Å². The number of nitrogens with zero attached hydrogens (tertiary/aromatic N) is 2. The second-order valence-corrected chi connectivity index (χ2v) is 12.3. The zero-order valence-corrected chi connectivity index (χ0v) is 24.1. The van der Waals surface area contributed by atoms with Crippen molar-refractivity contribution in [2.75, 3.05) is 25.6 Å². The minimum absolute atomic E-state index is 0.0232. The van der Waals surface area contributed by atoms with E-state index >= 15 is 0 Å². The number of aryl methyl sites for hydroxylation is 1. The van der Waals surface area contributed by atoms with E-state index in [-0.39, 0.29) is 41.4 Å². The SMILES string of the molecule is COC1CCC([C@@H]2CCN(C(=O)[C@H]3CC[C@H](C(N)CF)CC3)[C@@H]2C(=O)Nc2ccc3c(c2)cc(C(=O)O)n3C)CC1. The number of halogens is 1. The Kier molecular flexibility index (Phi) is 8.99. The Morgan fingerprint density at radius 1 is 1.07 bits per heavy atom. The van der Waals surface area contributed by atoms with Crippen LogP contribution in [-0.4, -0.2) is 70.9 Å². The van der Waals surface area contributed by atoms with Gasteiger partial charge in [0.05, 0.1) is 6.10 Å². The predicted octanol–water partition coefficient (Wildman–Crippen LogP) is 4.34. The minimum atomic E-state index is -1.01. The van der Waals surface area contributed by atoms with Crippen molar-refractivity contribution in [3.05, 3.63) is 30.0 Å². The van der Waals surface area contributed by atoms with Crippen molar-refractivity contribution in [1.29, 1.82) is 0 Å². The highest BCUT2D eigenvalue weighted by Crippen LogP contribution is 2.42. The fraction of sp³-hybridized carbons (Fsp3) is 0.645. The fourth-order valence-corrected chi connectivity index (χ4v) is 7.65. The number of carboxylic acids is 1. The molecule has 9 nitrogen and oxygen atoms in total. The first-order valence-corrected chi connectivity index (χ1v) is 15.0. The van der Waals surface area contributed by atoms with Gasteiger partial charge in [0.2, 0.25) is 11.8 Å². The molecule has 0 spiro atoms. The minimum Gasteiger partial charge on any atom is -0.477 e. The largest absolute Gasteiger partial charge is 0.477 e. The maximum Gasteiger partial charge on any atom is 0.352 e. The standard InChI is InChI=1S/C31H43FN4O5/c1-35-26-12-9-22(15-21(26)16-27(35)31(39)40)34-29(37)28-24(18-7-10-23(41-2)11-8-18)13-14-36(28)30(38)20-5-3-19(4-6-20)25(33)17-32/h9,12,15-16,18-20,23-25,28H,3-8,10-11,13-14,17,33H2,1-2H3,(H,34,37)(H,39,40)/t18?,19-,20-,23?,24-,25?,28-/m0/s1. The number of likely N-dealkylation sites (tertiary alicyclic amines) is 1. The number of carbonyl (C=O) groups excluding carboxylic acids is 2. The predicted molar refractivity (Wildman–Crippen MR) is 154 cm³/mol. The third kappa shape index (κ3) is 6.00. The molecule has 224 valence electrons. The van der Waals surface area contributed by atoms with E-state index in [0.717, 1.165) is 55.8 Å². The Labute approximate surface area is 240 Å². The summed E-state index contributed by atoms with van der Waals surface area (Å²) in [6, 6.07) is 5.92. The lowest BCUT2D eigenvalue weighted by Crippen LogP contribution is -2.50. The number of nitrogens with one attached hydrogen (secondary N) is 1. The normalized spacial score (nSPS) is 29.4. The van der Waals surface area contributed by atoms with Crippen LogP contribution >= 0.6 is 0 Å². The number of aromatic carboxylic acids is 1. The first-order valence-electron chi connectivity index (χ1n) is 15.0. The lowest BCUT2D eigenvalue weighted by Gasteiger charge is -2.37. The van der Waals surface area contributed by atoms with Gasteiger partial charge in [-0.15, -0.1) is 0 Å². The summed E-state index contributed by atoms with van der Waals surface area (Å²) in [6.45, 7) is 0.00640. The van der Waals surface area contributed by atoms with E-state index in [2.05, 4.69) is 5.32 Å².